The van der Waals surface area contributed by atoms with E-state index in [2.05, 4.69) is 6.58 Å². The number of benzene rings is 1. The van der Waals surface area contributed by atoms with Gasteiger partial charge in [0.1, 0.15) is 0 Å². The third-order valence-electron chi connectivity index (χ3n) is 2.20. The summed E-state index contributed by atoms with van der Waals surface area (Å²) in [6, 6.07) is 9.93. The van der Waals surface area contributed by atoms with Crippen LogP contribution in [-0.4, -0.2) is 11.2 Å². The van der Waals surface area contributed by atoms with E-state index in [0.29, 0.717) is 0 Å². The highest BCUT2D eigenvalue weighted by molar-refractivity contribution is 5.49. The fraction of sp³-hybridized carbons (Fsp3) is 0.231. The van der Waals surface area contributed by atoms with Gasteiger partial charge in [-0.2, -0.15) is 0 Å². The molecule has 0 amide bonds. The first-order valence-corrected chi connectivity index (χ1v) is 4.78. The van der Waals surface area contributed by atoms with Gasteiger partial charge in [-0.1, -0.05) is 55.5 Å². The van der Waals surface area contributed by atoms with Crippen LogP contribution in [0.1, 0.15) is 12.5 Å². The largest absolute Gasteiger partial charge is 0.388 e. The van der Waals surface area contributed by atoms with Gasteiger partial charge in [-0.3, -0.25) is 0 Å². The second-order valence-corrected chi connectivity index (χ2v) is 3.36. The van der Waals surface area contributed by atoms with Gasteiger partial charge in [-0.15, -0.1) is 6.58 Å². The Morgan fingerprint density at radius 1 is 1.29 bits per heavy atom. The molecule has 1 N–H and O–H groups in total. The summed E-state index contributed by atoms with van der Waals surface area (Å²) < 4.78 is 0. The van der Waals surface area contributed by atoms with Crippen molar-refractivity contribution >= 4 is 6.08 Å². The minimum absolute atomic E-state index is 0.0926. The molecule has 1 nitrogen and oxygen atoms in total. The predicted octanol–water partition coefficient (Wildman–Crippen LogP) is 2.88. The van der Waals surface area contributed by atoms with Crippen molar-refractivity contribution in [3.8, 4) is 0 Å². The molecule has 0 fully saturated rings. The number of hydrogen-bond acceptors (Lipinski definition) is 1. The summed E-state index contributed by atoms with van der Waals surface area (Å²) in [5.74, 6) is 0.0926. The molecule has 1 aromatic rings. The van der Waals surface area contributed by atoms with E-state index in [0.717, 1.165) is 5.56 Å². The Hall–Kier alpha value is -1.34. The number of rotatable bonds is 4. The third-order valence-corrected chi connectivity index (χ3v) is 2.20. The second kappa shape index (κ2) is 5.40. The highest BCUT2D eigenvalue weighted by Crippen LogP contribution is 2.08. The molecule has 0 aliphatic rings. The van der Waals surface area contributed by atoms with E-state index < -0.39 is 6.10 Å². The summed E-state index contributed by atoms with van der Waals surface area (Å²) in [5, 5.41) is 9.62. The first kappa shape index (κ1) is 10.7. The lowest BCUT2D eigenvalue weighted by atomic mass is 10.0. The molecule has 74 valence electrons. The highest BCUT2D eigenvalue weighted by Gasteiger charge is 2.05. The first-order chi connectivity index (χ1) is 6.74. The molecule has 0 bridgehead atoms. The minimum atomic E-state index is -0.451. The van der Waals surface area contributed by atoms with Crippen LogP contribution in [0.5, 0.6) is 0 Å². The molecule has 0 spiro atoms. The molecular formula is C13H16O. The summed E-state index contributed by atoms with van der Waals surface area (Å²) in [5.41, 5.74) is 1.10. The van der Waals surface area contributed by atoms with Gasteiger partial charge in [0.05, 0.1) is 6.10 Å². The van der Waals surface area contributed by atoms with Crippen LogP contribution in [0.3, 0.4) is 0 Å². The molecule has 0 aliphatic heterocycles. The van der Waals surface area contributed by atoms with Gasteiger partial charge in [0.15, 0.2) is 0 Å². The highest BCUT2D eigenvalue weighted by atomic mass is 16.3. The van der Waals surface area contributed by atoms with E-state index in [4.69, 9.17) is 0 Å². The Kier molecular flexibility index (Phi) is 4.14. The van der Waals surface area contributed by atoms with E-state index in [1.54, 1.807) is 12.2 Å². The molecule has 0 saturated carbocycles. The number of aliphatic hydroxyl groups excluding tert-OH is 1. The molecule has 1 rings (SSSR count). The average Bonchev–Trinajstić information content (AvgIpc) is 2.26. The normalized spacial score (nSPS) is 15.3. The SMILES string of the molecule is C=C[C@H](C)[C@@H](O)/C=C/c1ccccc1. The average molecular weight is 188 g/mol. The van der Waals surface area contributed by atoms with Crippen molar-refractivity contribution in [2.75, 3.05) is 0 Å². The smallest absolute Gasteiger partial charge is 0.0783 e. The summed E-state index contributed by atoms with van der Waals surface area (Å²) in [6.45, 7) is 5.58. The summed E-state index contributed by atoms with van der Waals surface area (Å²) in [7, 11) is 0. The van der Waals surface area contributed by atoms with Crippen molar-refractivity contribution < 1.29 is 5.11 Å². The Morgan fingerprint density at radius 3 is 2.50 bits per heavy atom. The van der Waals surface area contributed by atoms with Gasteiger partial charge in [0.2, 0.25) is 0 Å². The van der Waals surface area contributed by atoms with E-state index >= 15 is 0 Å². The van der Waals surface area contributed by atoms with Crippen LogP contribution in [0.15, 0.2) is 49.1 Å². The van der Waals surface area contributed by atoms with Gasteiger partial charge >= 0.3 is 0 Å². The molecule has 14 heavy (non-hydrogen) atoms. The maximum Gasteiger partial charge on any atom is 0.0783 e. The standard InChI is InChI=1S/C13H16O/c1-3-11(2)13(14)10-9-12-7-5-4-6-8-12/h3-11,13-14H,1H2,2H3/b10-9+/t11-,13-/m0/s1. The maximum absolute atomic E-state index is 9.62. The van der Waals surface area contributed by atoms with Gasteiger partial charge < -0.3 is 5.11 Å². The Bertz CT molecular complexity index is 300. The van der Waals surface area contributed by atoms with Crippen LogP contribution >= 0.6 is 0 Å². The molecule has 0 radical (unpaired) electrons. The molecule has 0 heterocycles. The fourth-order valence-electron chi connectivity index (χ4n) is 1.09. The summed E-state index contributed by atoms with van der Waals surface area (Å²) in [4.78, 5) is 0. The van der Waals surface area contributed by atoms with E-state index in [1.807, 2.05) is 43.3 Å². The summed E-state index contributed by atoms with van der Waals surface area (Å²) >= 11 is 0. The molecule has 0 unspecified atom stereocenters. The third kappa shape index (κ3) is 3.19. The molecule has 1 aromatic carbocycles. The fourth-order valence-corrected chi connectivity index (χ4v) is 1.09. The molecule has 1 heteroatoms. The minimum Gasteiger partial charge on any atom is -0.388 e. The van der Waals surface area contributed by atoms with Crippen LogP contribution in [0.2, 0.25) is 0 Å². The Balaban J connectivity index is 2.60. The van der Waals surface area contributed by atoms with Crippen LogP contribution in [0, 0.1) is 5.92 Å². The van der Waals surface area contributed by atoms with Crippen molar-refractivity contribution in [1.82, 2.24) is 0 Å². The molecule has 2 atom stereocenters. The predicted molar refractivity (Wildman–Crippen MR) is 60.8 cm³/mol. The van der Waals surface area contributed by atoms with Gasteiger partial charge in [-0.05, 0) is 5.56 Å². The maximum atomic E-state index is 9.62. The van der Waals surface area contributed by atoms with Crippen LogP contribution in [0.25, 0.3) is 6.08 Å². The lowest BCUT2D eigenvalue weighted by molar-refractivity contribution is 0.186. The van der Waals surface area contributed by atoms with Crippen molar-refractivity contribution in [2.24, 2.45) is 5.92 Å². The van der Waals surface area contributed by atoms with E-state index in [9.17, 15) is 5.11 Å². The number of aliphatic hydroxyl groups is 1. The first-order valence-electron chi connectivity index (χ1n) is 4.78. The van der Waals surface area contributed by atoms with Gasteiger partial charge in [0, 0.05) is 5.92 Å². The van der Waals surface area contributed by atoms with E-state index in [-0.39, 0.29) is 5.92 Å². The number of hydrogen-bond donors (Lipinski definition) is 1. The van der Waals surface area contributed by atoms with Crippen molar-refractivity contribution in [3.63, 3.8) is 0 Å². The van der Waals surface area contributed by atoms with Crippen LogP contribution in [-0.2, 0) is 0 Å². The van der Waals surface area contributed by atoms with Crippen LogP contribution < -0.4 is 0 Å². The van der Waals surface area contributed by atoms with Crippen molar-refractivity contribution in [2.45, 2.75) is 13.0 Å². The molecule has 0 saturated heterocycles. The quantitative estimate of drug-likeness (QED) is 0.720. The monoisotopic (exact) mass is 188 g/mol. The lowest BCUT2D eigenvalue weighted by Gasteiger charge is -2.09. The van der Waals surface area contributed by atoms with Crippen molar-refractivity contribution in [3.05, 3.63) is 54.6 Å². The zero-order valence-electron chi connectivity index (χ0n) is 8.43. The summed E-state index contributed by atoms with van der Waals surface area (Å²) in [6.07, 6.45) is 5.01. The Labute approximate surface area is 85.4 Å². The van der Waals surface area contributed by atoms with E-state index in [1.165, 1.54) is 0 Å². The topological polar surface area (TPSA) is 20.2 Å². The lowest BCUT2D eigenvalue weighted by Crippen LogP contribution is -2.11. The zero-order valence-corrected chi connectivity index (χ0v) is 8.43. The Morgan fingerprint density at radius 2 is 1.93 bits per heavy atom. The van der Waals surface area contributed by atoms with Crippen molar-refractivity contribution in [1.29, 1.82) is 0 Å². The second-order valence-electron chi connectivity index (χ2n) is 3.36. The van der Waals surface area contributed by atoms with Gasteiger partial charge in [0.25, 0.3) is 0 Å². The van der Waals surface area contributed by atoms with Crippen LogP contribution in [0.4, 0.5) is 0 Å². The zero-order chi connectivity index (χ0) is 10.4. The van der Waals surface area contributed by atoms with Gasteiger partial charge in [-0.25, -0.2) is 0 Å². The molecule has 0 aliphatic carbocycles. The molecule has 0 aromatic heterocycles. The molecular weight excluding hydrogens is 172 g/mol.